The SMILES string of the molecule is O=[N+]([O-])c1cccc(-c2ccnc3c(-c4ccsc4)cnn23)c1. The molecule has 0 N–H and O–H groups in total. The van der Waals surface area contributed by atoms with Crippen molar-refractivity contribution in [3.05, 3.63) is 69.7 Å². The van der Waals surface area contributed by atoms with E-state index in [1.807, 2.05) is 22.9 Å². The van der Waals surface area contributed by atoms with Crippen molar-refractivity contribution < 1.29 is 4.92 Å². The van der Waals surface area contributed by atoms with Gasteiger partial charge in [-0.05, 0) is 28.5 Å². The lowest BCUT2D eigenvalue weighted by atomic mass is 10.1. The van der Waals surface area contributed by atoms with Crippen LogP contribution in [0, 0.1) is 10.1 Å². The number of nitrogens with zero attached hydrogens (tertiary/aromatic N) is 4. The molecule has 0 aliphatic rings. The molecule has 0 spiro atoms. The van der Waals surface area contributed by atoms with Crippen molar-refractivity contribution in [2.24, 2.45) is 0 Å². The van der Waals surface area contributed by atoms with E-state index in [1.54, 1.807) is 46.4 Å². The minimum absolute atomic E-state index is 0.0534. The van der Waals surface area contributed by atoms with E-state index in [4.69, 9.17) is 0 Å². The van der Waals surface area contributed by atoms with Gasteiger partial charge in [-0.2, -0.15) is 16.4 Å². The van der Waals surface area contributed by atoms with Crippen LogP contribution < -0.4 is 0 Å². The molecular formula is C16H10N4O2S. The Bertz CT molecular complexity index is 1010. The summed E-state index contributed by atoms with van der Waals surface area (Å²) in [6.45, 7) is 0. The molecule has 4 aromatic rings. The Kier molecular flexibility index (Phi) is 3.13. The first-order valence-corrected chi connectivity index (χ1v) is 7.78. The van der Waals surface area contributed by atoms with Gasteiger partial charge < -0.3 is 0 Å². The second kappa shape index (κ2) is 5.29. The van der Waals surface area contributed by atoms with Crippen molar-refractivity contribution in [1.82, 2.24) is 14.6 Å². The molecule has 0 bridgehead atoms. The molecule has 4 rings (SSSR count). The van der Waals surface area contributed by atoms with Gasteiger partial charge in [-0.1, -0.05) is 12.1 Å². The quantitative estimate of drug-likeness (QED) is 0.421. The normalized spacial score (nSPS) is 11.0. The van der Waals surface area contributed by atoms with Gasteiger partial charge in [0.25, 0.3) is 5.69 Å². The maximum Gasteiger partial charge on any atom is 0.270 e. The molecule has 112 valence electrons. The first kappa shape index (κ1) is 13.6. The zero-order valence-electron chi connectivity index (χ0n) is 11.8. The van der Waals surface area contributed by atoms with Crippen LogP contribution >= 0.6 is 11.3 Å². The average Bonchev–Trinajstić information content (AvgIpc) is 3.23. The van der Waals surface area contributed by atoms with Crippen LogP contribution in [0.5, 0.6) is 0 Å². The zero-order chi connectivity index (χ0) is 15.8. The molecule has 0 fully saturated rings. The number of nitro benzene ring substituents is 1. The number of nitro groups is 1. The van der Waals surface area contributed by atoms with Crippen molar-refractivity contribution >= 4 is 22.7 Å². The van der Waals surface area contributed by atoms with Gasteiger partial charge in [-0.3, -0.25) is 10.1 Å². The van der Waals surface area contributed by atoms with Crippen LogP contribution in [0.3, 0.4) is 0 Å². The average molecular weight is 322 g/mol. The van der Waals surface area contributed by atoms with E-state index in [2.05, 4.69) is 10.1 Å². The molecule has 7 heteroatoms. The van der Waals surface area contributed by atoms with Crippen LogP contribution in [0.4, 0.5) is 5.69 Å². The van der Waals surface area contributed by atoms with Crippen molar-refractivity contribution in [2.45, 2.75) is 0 Å². The summed E-state index contributed by atoms with van der Waals surface area (Å²) in [7, 11) is 0. The molecule has 0 aliphatic carbocycles. The summed E-state index contributed by atoms with van der Waals surface area (Å²) < 4.78 is 1.71. The molecule has 6 nitrogen and oxygen atoms in total. The summed E-state index contributed by atoms with van der Waals surface area (Å²) in [4.78, 5) is 15.0. The Morgan fingerprint density at radius 1 is 1.17 bits per heavy atom. The molecule has 0 unspecified atom stereocenters. The molecule has 3 aromatic heterocycles. The zero-order valence-corrected chi connectivity index (χ0v) is 12.6. The van der Waals surface area contributed by atoms with Crippen LogP contribution in [0.25, 0.3) is 28.0 Å². The summed E-state index contributed by atoms with van der Waals surface area (Å²) in [5.74, 6) is 0. The third-order valence-electron chi connectivity index (χ3n) is 3.59. The molecule has 3 heterocycles. The molecule has 1 aromatic carbocycles. The maximum absolute atomic E-state index is 11.0. The molecule has 0 aliphatic heterocycles. The Morgan fingerprint density at radius 2 is 2.09 bits per heavy atom. The Morgan fingerprint density at radius 3 is 2.87 bits per heavy atom. The van der Waals surface area contributed by atoms with Gasteiger partial charge in [0.1, 0.15) is 0 Å². The van der Waals surface area contributed by atoms with Crippen LogP contribution in [0.2, 0.25) is 0 Å². The lowest BCUT2D eigenvalue weighted by Gasteiger charge is -2.05. The number of non-ortho nitro benzene ring substituents is 1. The summed E-state index contributed by atoms with van der Waals surface area (Å²) >= 11 is 1.61. The van der Waals surface area contributed by atoms with Crippen LogP contribution in [-0.2, 0) is 0 Å². The predicted molar refractivity (Wildman–Crippen MR) is 88.4 cm³/mol. The minimum atomic E-state index is -0.401. The number of benzene rings is 1. The van der Waals surface area contributed by atoms with Crippen molar-refractivity contribution in [3.63, 3.8) is 0 Å². The van der Waals surface area contributed by atoms with E-state index >= 15 is 0 Å². The fourth-order valence-electron chi connectivity index (χ4n) is 2.51. The third-order valence-corrected chi connectivity index (χ3v) is 4.27. The highest BCUT2D eigenvalue weighted by Crippen LogP contribution is 2.29. The van der Waals surface area contributed by atoms with E-state index in [0.717, 1.165) is 28.0 Å². The van der Waals surface area contributed by atoms with Gasteiger partial charge >= 0.3 is 0 Å². The largest absolute Gasteiger partial charge is 0.270 e. The summed E-state index contributed by atoms with van der Waals surface area (Å²) in [5, 5.41) is 19.4. The lowest BCUT2D eigenvalue weighted by molar-refractivity contribution is -0.384. The smallest absolute Gasteiger partial charge is 0.258 e. The fraction of sp³-hybridized carbons (Fsp3) is 0. The molecule has 0 atom stereocenters. The molecule has 0 saturated heterocycles. The highest BCUT2D eigenvalue weighted by molar-refractivity contribution is 7.08. The van der Waals surface area contributed by atoms with Gasteiger partial charge in [0.05, 0.1) is 16.8 Å². The van der Waals surface area contributed by atoms with Gasteiger partial charge in [0, 0.05) is 29.5 Å². The molecule has 0 saturated carbocycles. The second-order valence-electron chi connectivity index (χ2n) is 4.94. The number of fused-ring (bicyclic) bond motifs is 1. The summed E-state index contributed by atoms with van der Waals surface area (Å²) in [6, 6.07) is 10.3. The fourth-order valence-corrected chi connectivity index (χ4v) is 3.17. The van der Waals surface area contributed by atoms with E-state index < -0.39 is 4.92 Å². The van der Waals surface area contributed by atoms with Crippen molar-refractivity contribution in [1.29, 1.82) is 0 Å². The molecule has 23 heavy (non-hydrogen) atoms. The van der Waals surface area contributed by atoms with Gasteiger partial charge in [0.2, 0.25) is 0 Å². The van der Waals surface area contributed by atoms with Crippen LogP contribution in [0.15, 0.2) is 59.6 Å². The van der Waals surface area contributed by atoms with E-state index in [9.17, 15) is 10.1 Å². The second-order valence-corrected chi connectivity index (χ2v) is 5.72. The first-order valence-electron chi connectivity index (χ1n) is 6.84. The van der Waals surface area contributed by atoms with E-state index in [0.29, 0.717) is 0 Å². The Hall–Kier alpha value is -3.06. The van der Waals surface area contributed by atoms with Gasteiger partial charge in [0.15, 0.2) is 5.65 Å². The summed E-state index contributed by atoms with van der Waals surface area (Å²) in [6.07, 6.45) is 3.46. The Labute approximate surface area is 134 Å². The number of hydrogen-bond acceptors (Lipinski definition) is 5. The van der Waals surface area contributed by atoms with E-state index in [-0.39, 0.29) is 5.69 Å². The van der Waals surface area contributed by atoms with Gasteiger partial charge in [-0.15, -0.1) is 0 Å². The molecule has 0 radical (unpaired) electrons. The number of rotatable bonds is 3. The van der Waals surface area contributed by atoms with Crippen molar-refractivity contribution in [2.75, 3.05) is 0 Å². The first-order chi connectivity index (χ1) is 11.2. The lowest BCUT2D eigenvalue weighted by Crippen LogP contribution is -1.96. The highest BCUT2D eigenvalue weighted by Gasteiger charge is 2.14. The number of hydrogen-bond donors (Lipinski definition) is 0. The monoisotopic (exact) mass is 322 g/mol. The third kappa shape index (κ3) is 2.27. The topological polar surface area (TPSA) is 73.3 Å². The number of thiophene rings is 1. The van der Waals surface area contributed by atoms with Crippen molar-refractivity contribution in [3.8, 4) is 22.4 Å². The van der Waals surface area contributed by atoms with E-state index in [1.165, 1.54) is 6.07 Å². The summed E-state index contributed by atoms with van der Waals surface area (Å²) in [5.41, 5.74) is 4.28. The Balaban J connectivity index is 1.92. The highest BCUT2D eigenvalue weighted by atomic mass is 32.1. The maximum atomic E-state index is 11.0. The number of aromatic nitrogens is 3. The standard InChI is InChI=1S/C16H10N4O2S/c21-20(22)13-3-1-2-11(8-13)15-4-6-17-16-14(9-18-19(15)16)12-5-7-23-10-12/h1-10H. The van der Waals surface area contributed by atoms with Gasteiger partial charge in [-0.25, -0.2) is 9.50 Å². The predicted octanol–water partition coefficient (Wildman–Crippen LogP) is 4.03. The molecule has 0 amide bonds. The minimum Gasteiger partial charge on any atom is -0.258 e. The van der Waals surface area contributed by atoms with Crippen LogP contribution in [0.1, 0.15) is 0 Å². The molecular weight excluding hydrogens is 312 g/mol. The van der Waals surface area contributed by atoms with Crippen LogP contribution in [-0.4, -0.2) is 19.5 Å².